The number of hydrogen-bond donors (Lipinski definition) is 0. The van der Waals surface area contributed by atoms with E-state index >= 15 is 0 Å². The number of rotatable bonds is 18. The van der Waals surface area contributed by atoms with Gasteiger partial charge in [-0.25, -0.2) is 17.6 Å². The van der Waals surface area contributed by atoms with Crippen LogP contribution in [0.2, 0.25) is 0 Å². The van der Waals surface area contributed by atoms with Gasteiger partial charge in [0.05, 0.1) is 0 Å². The zero-order chi connectivity index (χ0) is 28.5. The summed E-state index contributed by atoms with van der Waals surface area (Å²) < 4.78 is 41.8. The van der Waals surface area contributed by atoms with E-state index in [0.29, 0.717) is 15.8 Å². The summed E-state index contributed by atoms with van der Waals surface area (Å²) in [5.74, 6) is 0. The van der Waals surface area contributed by atoms with Crippen LogP contribution in [0.25, 0.3) is 0 Å². The van der Waals surface area contributed by atoms with Gasteiger partial charge >= 0.3 is 20.4 Å². The zero-order valence-electron chi connectivity index (χ0n) is 24.2. The first-order valence-electron chi connectivity index (χ1n) is 13.8. The predicted molar refractivity (Wildman–Crippen MR) is 162 cm³/mol. The van der Waals surface area contributed by atoms with Crippen molar-refractivity contribution < 1.29 is 38.0 Å². The van der Waals surface area contributed by atoms with Crippen molar-refractivity contribution in [1.29, 1.82) is 0 Å². The van der Waals surface area contributed by atoms with Gasteiger partial charge in [-0.05, 0) is 75.5 Å². The summed E-state index contributed by atoms with van der Waals surface area (Å²) >= 11 is 8.60. The summed E-state index contributed by atoms with van der Waals surface area (Å²) in [5.41, 5.74) is 2.17. The molecule has 0 bridgehead atoms. The molecule has 0 saturated heterocycles. The summed E-state index contributed by atoms with van der Waals surface area (Å²) in [7, 11) is 0.843. The maximum absolute atomic E-state index is 10.4. The Morgan fingerprint density at radius 1 is 0.459 bits per heavy atom. The van der Waals surface area contributed by atoms with Crippen LogP contribution in [-0.2, 0) is 20.4 Å². The van der Waals surface area contributed by atoms with Gasteiger partial charge in [0, 0.05) is 0 Å². The van der Waals surface area contributed by atoms with Crippen LogP contribution in [0.5, 0.6) is 0 Å². The smallest absolute Gasteiger partial charge is 0.345 e. The van der Waals surface area contributed by atoms with Gasteiger partial charge in [0.25, 0.3) is 0 Å². The third-order valence-electron chi connectivity index (χ3n) is 5.11. The average Bonchev–Trinajstić information content (AvgIpc) is 2.88. The van der Waals surface area contributed by atoms with E-state index in [9.17, 15) is 17.6 Å². The van der Waals surface area contributed by atoms with Crippen LogP contribution in [-0.4, -0.2) is 37.0 Å². The molecule has 9 heteroatoms. The van der Waals surface area contributed by atoms with Gasteiger partial charge in [0.15, 0.2) is 0 Å². The number of unbranched alkanes of at least 4 members (excludes halogenated alkanes) is 6. The van der Waals surface area contributed by atoms with Crippen molar-refractivity contribution in [1.82, 2.24) is 0 Å². The predicted octanol–water partition coefficient (Wildman–Crippen LogP) is 13.3. The number of hydrogen-bond acceptors (Lipinski definition) is 0. The minimum atomic E-state index is -1.98. The zero-order valence-corrected chi connectivity index (χ0v) is 29.1. The summed E-state index contributed by atoms with van der Waals surface area (Å²) in [6.07, 6.45) is 22.5. The van der Waals surface area contributed by atoms with E-state index in [1.54, 1.807) is 37.0 Å². The fraction of sp³-hybridized carbons (Fsp3) is 0.857. The average molecular weight is 706 g/mol. The van der Waals surface area contributed by atoms with Crippen molar-refractivity contribution in [2.45, 2.75) is 119 Å². The van der Waals surface area contributed by atoms with Crippen LogP contribution in [0, 0.1) is 11.1 Å². The topological polar surface area (TPSA) is 0 Å². The summed E-state index contributed by atoms with van der Waals surface area (Å²) in [6, 6.07) is 0. The molecule has 0 nitrogen and oxygen atoms in total. The Kier molecular flexibility index (Phi) is 57.6. The van der Waals surface area contributed by atoms with E-state index in [1.807, 2.05) is 0 Å². The second-order valence-electron chi connectivity index (χ2n) is 8.51. The molecule has 0 radical (unpaired) electrons. The molecule has 0 heterocycles. The summed E-state index contributed by atoms with van der Waals surface area (Å²) in [5, 5.41) is 0. The largest absolute Gasteiger partial charge is 2.00 e. The first-order valence-corrected chi connectivity index (χ1v) is 18.3. The molecule has 0 saturated carbocycles. The Hall–Kier alpha value is 1.30. The van der Waals surface area contributed by atoms with Crippen LogP contribution < -0.4 is 0 Å². The molecular formula is C28H54Cl2F4P2Pd. The molecule has 0 spiro atoms. The molecular weight excluding hydrogens is 652 g/mol. The number of halogens is 6. The van der Waals surface area contributed by atoms with Crippen LogP contribution in [0.15, 0.2) is 12.2 Å². The van der Waals surface area contributed by atoms with E-state index in [0.717, 1.165) is 11.1 Å². The van der Waals surface area contributed by atoms with Crippen molar-refractivity contribution in [2.75, 3.05) is 37.0 Å². The van der Waals surface area contributed by atoms with Crippen molar-refractivity contribution in [3.8, 4) is 0 Å². The molecule has 0 amide bonds. The van der Waals surface area contributed by atoms with Crippen LogP contribution in [0.3, 0.4) is 0 Å². The van der Waals surface area contributed by atoms with E-state index in [1.165, 1.54) is 77.0 Å². The molecule has 228 valence electrons. The first-order chi connectivity index (χ1) is 17.2. The van der Waals surface area contributed by atoms with Crippen molar-refractivity contribution in [3.05, 3.63) is 23.2 Å². The summed E-state index contributed by atoms with van der Waals surface area (Å²) in [6.45, 7) is 13.9. The van der Waals surface area contributed by atoms with Crippen LogP contribution in [0.4, 0.5) is 17.6 Å². The Bertz CT molecular complexity index is 374. The Morgan fingerprint density at radius 2 is 0.595 bits per heavy atom. The maximum atomic E-state index is 10.4. The molecule has 0 aliphatic carbocycles. The van der Waals surface area contributed by atoms with Crippen molar-refractivity contribution in [3.63, 3.8) is 0 Å². The van der Waals surface area contributed by atoms with Crippen molar-refractivity contribution in [2.24, 2.45) is 0 Å². The Labute approximate surface area is 254 Å². The van der Waals surface area contributed by atoms with Crippen molar-refractivity contribution >= 4 is 39.0 Å². The van der Waals surface area contributed by atoms with Gasteiger partial charge in [-0.3, -0.25) is 0 Å². The van der Waals surface area contributed by atoms with E-state index < -0.39 is 12.2 Å². The molecule has 0 aromatic heterocycles. The first kappa shape index (κ1) is 48.1. The standard InChI is InChI=1S/2C12H27P.2C2ClF2.Pd/c2*1-4-7-10-13(11-8-5-2)12-9-6-3;2*3-1-2(4)5;/h2*4-12H2,1-3H3;;;/q;;2*-1;+2. The maximum Gasteiger partial charge on any atom is 2.00 e. The molecule has 0 aliphatic heterocycles. The molecule has 0 fully saturated rings. The third-order valence-corrected chi connectivity index (χ3v) is 11.1. The van der Waals surface area contributed by atoms with Gasteiger partial charge < -0.3 is 34.3 Å². The monoisotopic (exact) mass is 704 g/mol. The van der Waals surface area contributed by atoms with Gasteiger partial charge in [-0.2, -0.15) is 0 Å². The Balaban J connectivity index is -0.000000133. The SMILES string of the molecule is CCCCP(CCCC)CCCC.CCCCP(CCCC)CCCC.FC(F)=[C-]Cl.FC(F)=[C-]Cl.[Pd+2]. The molecule has 0 aromatic carbocycles. The van der Waals surface area contributed by atoms with E-state index in [-0.39, 0.29) is 20.4 Å². The molecule has 0 unspecified atom stereocenters. The minimum Gasteiger partial charge on any atom is -0.345 e. The normalized spacial score (nSPS) is 9.68. The minimum absolute atomic E-state index is 0. The molecule has 0 aromatic rings. The summed E-state index contributed by atoms with van der Waals surface area (Å²) in [4.78, 5) is 0. The van der Waals surface area contributed by atoms with Gasteiger partial charge in [-0.15, -0.1) is 15.8 Å². The molecule has 0 N–H and O–H groups in total. The van der Waals surface area contributed by atoms with E-state index in [4.69, 9.17) is 0 Å². The fourth-order valence-corrected chi connectivity index (χ4v) is 8.88. The second kappa shape index (κ2) is 44.3. The van der Waals surface area contributed by atoms with Gasteiger partial charge in [0.1, 0.15) is 12.2 Å². The van der Waals surface area contributed by atoms with Crippen LogP contribution in [0.1, 0.15) is 119 Å². The quantitative estimate of drug-likeness (QED) is 0.0576. The molecule has 37 heavy (non-hydrogen) atoms. The van der Waals surface area contributed by atoms with Gasteiger partial charge in [-0.1, -0.05) is 80.1 Å². The molecule has 0 aliphatic rings. The van der Waals surface area contributed by atoms with E-state index in [2.05, 4.69) is 64.7 Å². The molecule has 0 rings (SSSR count). The fourth-order valence-electron chi connectivity index (χ4n) is 2.96. The van der Waals surface area contributed by atoms with Gasteiger partial charge in [0.2, 0.25) is 0 Å². The molecule has 0 atom stereocenters. The third kappa shape index (κ3) is 54.1. The Morgan fingerprint density at radius 3 is 0.676 bits per heavy atom. The van der Waals surface area contributed by atoms with Crippen LogP contribution >= 0.6 is 39.0 Å². The second-order valence-corrected chi connectivity index (χ2v) is 14.3.